The van der Waals surface area contributed by atoms with Gasteiger partial charge in [0.05, 0.1) is 11.1 Å². The van der Waals surface area contributed by atoms with Gasteiger partial charge in [0, 0.05) is 25.2 Å². The van der Waals surface area contributed by atoms with E-state index in [4.69, 9.17) is 5.73 Å². The zero-order chi connectivity index (χ0) is 20.0. The van der Waals surface area contributed by atoms with Crippen molar-refractivity contribution >= 4 is 29.3 Å². The first kappa shape index (κ1) is 18.6. The molecule has 1 aromatic rings. The van der Waals surface area contributed by atoms with E-state index in [1.165, 1.54) is 0 Å². The molecular formula is C20H24N4O4. The summed E-state index contributed by atoms with van der Waals surface area (Å²) in [5, 5.41) is 2.21. The fourth-order valence-corrected chi connectivity index (χ4v) is 4.43. The summed E-state index contributed by atoms with van der Waals surface area (Å²) >= 11 is 0. The Balaban J connectivity index is 1.58. The molecule has 0 radical (unpaired) electrons. The van der Waals surface area contributed by atoms with Crippen LogP contribution < -0.4 is 16.0 Å². The lowest BCUT2D eigenvalue weighted by Crippen LogP contribution is -2.54. The second-order valence-electron chi connectivity index (χ2n) is 7.88. The normalized spacial score (nSPS) is 27.9. The molecule has 3 N–H and O–H groups in total. The maximum absolute atomic E-state index is 12.9. The number of imide groups is 2. The lowest BCUT2D eigenvalue weighted by atomic mass is 9.86. The highest BCUT2D eigenvalue weighted by Gasteiger charge is 2.44. The lowest BCUT2D eigenvalue weighted by molar-refractivity contribution is -0.136. The zero-order valence-corrected chi connectivity index (χ0v) is 15.8. The summed E-state index contributed by atoms with van der Waals surface area (Å²) in [6.07, 6.45) is 1.26. The van der Waals surface area contributed by atoms with E-state index in [-0.39, 0.29) is 18.7 Å². The Kier molecular flexibility index (Phi) is 4.66. The molecule has 0 bridgehead atoms. The van der Waals surface area contributed by atoms with E-state index in [1.54, 1.807) is 12.1 Å². The molecule has 3 heterocycles. The summed E-state index contributed by atoms with van der Waals surface area (Å²) in [5.74, 6) is -0.975. The van der Waals surface area contributed by atoms with Crippen molar-refractivity contribution in [1.29, 1.82) is 0 Å². The second kappa shape index (κ2) is 7.01. The highest BCUT2D eigenvalue weighted by Crippen LogP contribution is 2.33. The number of carbonyl (C=O) groups is 4. The van der Waals surface area contributed by atoms with Crippen LogP contribution in [0.1, 0.15) is 46.9 Å². The quantitative estimate of drug-likeness (QED) is 0.734. The number of rotatable bonds is 3. The molecule has 4 amide bonds. The molecule has 1 aromatic carbocycles. The Morgan fingerprint density at radius 3 is 2.54 bits per heavy atom. The van der Waals surface area contributed by atoms with Crippen LogP contribution in [0, 0.1) is 11.8 Å². The average molecular weight is 384 g/mol. The van der Waals surface area contributed by atoms with E-state index >= 15 is 0 Å². The molecule has 3 atom stereocenters. The molecule has 148 valence electrons. The standard InChI is InChI=1S/C20H24N4O4/c1-11-10-23(7-6-12(11)9-21)13-2-3-14-15(8-13)20(28)24(19(14)27)16-4-5-17(25)22-18(16)26/h2-3,8,11-12,16H,4-7,9-10,21H2,1H3,(H,22,25,26). The van der Waals surface area contributed by atoms with Gasteiger partial charge in [0.1, 0.15) is 6.04 Å². The topological polar surface area (TPSA) is 113 Å². The van der Waals surface area contributed by atoms with Crippen LogP contribution in [0.2, 0.25) is 0 Å². The Morgan fingerprint density at radius 2 is 1.86 bits per heavy atom. The van der Waals surface area contributed by atoms with Gasteiger partial charge in [-0.2, -0.15) is 0 Å². The van der Waals surface area contributed by atoms with Gasteiger partial charge in [-0.15, -0.1) is 0 Å². The van der Waals surface area contributed by atoms with Gasteiger partial charge < -0.3 is 10.6 Å². The molecule has 3 aliphatic heterocycles. The van der Waals surface area contributed by atoms with Crippen molar-refractivity contribution in [3.63, 3.8) is 0 Å². The number of piperidine rings is 2. The van der Waals surface area contributed by atoms with Crippen LogP contribution in [0.4, 0.5) is 5.69 Å². The zero-order valence-electron chi connectivity index (χ0n) is 15.8. The van der Waals surface area contributed by atoms with Crippen molar-refractivity contribution in [2.45, 2.75) is 32.2 Å². The fourth-order valence-electron chi connectivity index (χ4n) is 4.43. The second-order valence-corrected chi connectivity index (χ2v) is 7.88. The average Bonchev–Trinajstić information content (AvgIpc) is 2.92. The van der Waals surface area contributed by atoms with Crippen molar-refractivity contribution in [3.8, 4) is 0 Å². The molecule has 4 rings (SSSR count). The van der Waals surface area contributed by atoms with Crippen LogP contribution in [0.3, 0.4) is 0 Å². The Morgan fingerprint density at radius 1 is 1.11 bits per heavy atom. The van der Waals surface area contributed by atoms with Crippen LogP contribution in [-0.4, -0.2) is 54.2 Å². The first-order valence-electron chi connectivity index (χ1n) is 9.71. The molecule has 0 spiro atoms. The number of benzene rings is 1. The number of nitrogens with one attached hydrogen (secondary N) is 1. The van der Waals surface area contributed by atoms with E-state index in [0.29, 0.717) is 29.5 Å². The van der Waals surface area contributed by atoms with Crippen molar-refractivity contribution in [2.75, 3.05) is 24.5 Å². The lowest BCUT2D eigenvalue weighted by Gasteiger charge is -2.38. The van der Waals surface area contributed by atoms with E-state index in [1.807, 2.05) is 6.07 Å². The first-order chi connectivity index (χ1) is 13.4. The first-order valence-corrected chi connectivity index (χ1v) is 9.71. The summed E-state index contributed by atoms with van der Waals surface area (Å²) in [7, 11) is 0. The minimum absolute atomic E-state index is 0.114. The van der Waals surface area contributed by atoms with Gasteiger partial charge in [-0.3, -0.25) is 29.4 Å². The molecule has 0 aliphatic carbocycles. The predicted octanol–water partition coefficient (Wildman–Crippen LogP) is 0.509. The summed E-state index contributed by atoms with van der Waals surface area (Å²) < 4.78 is 0. The monoisotopic (exact) mass is 384 g/mol. The van der Waals surface area contributed by atoms with E-state index in [9.17, 15) is 19.2 Å². The summed E-state index contributed by atoms with van der Waals surface area (Å²) in [6.45, 7) is 4.55. The molecule has 8 nitrogen and oxygen atoms in total. The van der Waals surface area contributed by atoms with Crippen molar-refractivity contribution in [3.05, 3.63) is 29.3 Å². The third-order valence-electron chi connectivity index (χ3n) is 6.17. The molecule has 3 aliphatic rings. The molecule has 28 heavy (non-hydrogen) atoms. The molecule has 8 heteroatoms. The van der Waals surface area contributed by atoms with E-state index < -0.39 is 23.8 Å². The summed E-state index contributed by atoms with van der Waals surface area (Å²) in [4.78, 5) is 52.4. The van der Waals surface area contributed by atoms with E-state index in [0.717, 1.165) is 30.1 Å². The van der Waals surface area contributed by atoms with Gasteiger partial charge in [-0.25, -0.2) is 0 Å². The smallest absolute Gasteiger partial charge is 0.262 e. The number of nitrogens with two attached hydrogens (primary N) is 1. The number of hydrogen-bond donors (Lipinski definition) is 2. The van der Waals surface area contributed by atoms with Crippen LogP contribution in [0.5, 0.6) is 0 Å². The minimum atomic E-state index is -0.936. The van der Waals surface area contributed by atoms with Crippen LogP contribution in [-0.2, 0) is 9.59 Å². The van der Waals surface area contributed by atoms with Crippen LogP contribution in [0.25, 0.3) is 0 Å². The van der Waals surface area contributed by atoms with Gasteiger partial charge in [-0.1, -0.05) is 6.92 Å². The third-order valence-corrected chi connectivity index (χ3v) is 6.17. The fraction of sp³-hybridized carbons (Fsp3) is 0.500. The van der Waals surface area contributed by atoms with Gasteiger partial charge in [-0.05, 0) is 49.4 Å². The molecule has 0 aromatic heterocycles. The predicted molar refractivity (Wildman–Crippen MR) is 102 cm³/mol. The van der Waals surface area contributed by atoms with Gasteiger partial charge in [0.2, 0.25) is 11.8 Å². The number of amides is 4. The Hall–Kier alpha value is -2.74. The molecule has 3 unspecified atom stereocenters. The number of anilines is 1. The van der Waals surface area contributed by atoms with Gasteiger partial charge in [0.15, 0.2) is 0 Å². The molecule has 0 saturated carbocycles. The van der Waals surface area contributed by atoms with Crippen LogP contribution >= 0.6 is 0 Å². The Bertz CT molecular complexity index is 868. The van der Waals surface area contributed by atoms with Gasteiger partial charge >= 0.3 is 0 Å². The van der Waals surface area contributed by atoms with E-state index in [2.05, 4.69) is 17.1 Å². The number of carbonyl (C=O) groups excluding carboxylic acids is 4. The number of hydrogen-bond acceptors (Lipinski definition) is 6. The molecular weight excluding hydrogens is 360 g/mol. The van der Waals surface area contributed by atoms with Crippen molar-refractivity contribution in [1.82, 2.24) is 10.2 Å². The highest BCUT2D eigenvalue weighted by molar-refractivity contribution is 6.23. The van der Waals surface area contributed by atoms with Crippen molar-refractivity contribution < 1.29 is 19.2 Å². The number of fused-ring (bicyclic) bond motifs is 1. The van der Waals surface area contributed by atoms with Gasteiger partial charge in [0.25, 0.3) is 11.8 Å². The SMILES string of the molecule is CC1CN(c2ccc3c(c2)C(=O)N(C2CCC(=O)NC2=O)C3=O)CCC1CN. The maximum Gasteiger partial charge on any atom is 0.262 e. The summed E-state index contributed by atoms with van der Waals surface area (Å²) in [5.41, 5.74) is 7.36. The highest BCUT2D eigenvalue weighted by atomic mass is 16.2. The third kappa shape index (κ3) is 2.97. The van der Waals surface area contributed by atoms with Crippen molar-refractivity contribution in [2.24, 2.45) is 17.6 Å². The maximum atomic E-state index is 12.9. The largest absolute Gasteiger partial charge is 0.371 e. The Labute approximate surface area is 163 Å². The molecule has 2 fully saturated rings. The molecule has 2 saturated heterocycles. The minimum Gasteiger partial charge on any atom is -0.371 e. The van der Waals surface area contributed by atoms with Crippen LogP contribution in [0.15, 0.2) is 18.2 Å². The number of nitrogens with zero attached hydrogens (tertiary/aromatic N) is 2. The summed E-state index contributed by atoms with van der Waals surface area (Å²) in [6, 6.07) is 4.33.